The molecular weight excluding hydrogens is 352 g/mol. The minimum absolute atomic E-state index is 0.0939. The first kappa shape index (κ1) is 18.5. The standard InChI is InChI=1S/C19H19F2N5O/c1-12(2)23-19-25-16(13-4-3-9-22-11-13)10-17(26-19)24-14-5-7-15(8-6-14)27-18(20)21/h3-12,18H,1-2H3,(H2,23,24,25,26). The molecule has 0 fully saturated rings. The summed E-state index contributed by atoms with van der Waals surface area (Å²) in [5.74, 6) is 1.14. The zero-order valence-electron chi connectivity index (χ0n) is 14.9. The fraction of sp³-hybridized carbons (Fsp3) is 0.211. The number of aromatic nitrogens is 3. The number of anilines is 3. The number of nitrogens with one attached hydrogen (secondary N) is 2. The van der Waals surface area contributed by atoms with Crippen molar-refractivity contribution >= 4 is 17.5 Å². The van der Waals surface area contributed by atoms with Crippen molar-refractivity contribution in [1.29, 1.82) is 0 Å². The van der Waals surface area contributed by atoms with E-state index < -0.39 is 6.61 Å². The number of benzene rings is 1. The fourth-order valence-electron chi connectivity index (χ4n) is 2.36. The van der Waals surface area contributed by atoms with Crippen LogP contribution in [0.3, 0.4) is 0 Å². The molecule has 3 rings (SSSR count). The van der Waals surface area contributed by atoms with Gasteiger partial charge in [-0.05, 0) is 50.2 Å². The number of pyridine rings is 1. The van der Waals surface area contributed by atoms with Crippen LogP contribution in [0.4, 0.5) is 26.2 Å². The third-order valence-electron chi connectivity index (χ3n) is 3.45. The van der Waals surface area contributed by atoms with Crippen LogP contribution in [0.5, 0.6) is 5.75 Å². The Morgan fingerprint density at radius 3 is 2.44 bits per heavy atom. The molecule has 0 saturated heterocycles. The minimum atomic E-state index is -2.85. The molecular formula is C19H19F2N5O. The molecule has 27 heavy (non-hydrogen) atoms. The first-order chi connectivity index (χ1) is 13.0. The Kier molecular flexibility index (Phi) is 5.75. The second kappa shape index (κ2) is 8.39. The molecule has 0 saturated carbocycles. The number of hydrogen-bond donors (Lipinski definition) is 2. The maximum atomic E-state index is 12.3. The third-order valence-corrected chi connectivity index (χ3v) is 3.45. The van der Waals surface area contributed by atoms with E-state index in [0.717, 1.165) is 5.56 Å². The highest BCUT2D eigenvalue weighted by Gasteiger charge is 2.09. The molecule has 0 unspecified atom stereocenters. The molecule has 0 atom stereocenters. The molecule has 0 aliphatic carbocycles. The van der Waals surface area contributed by atoms with Crippen LogP contribution < -0.4 is 15.4 Å². The van der Waals surface area contributed by atoms with E-state index in [1.54, 1.807) is 30.6 Å². The third kappa shape index (κ3) is 5.34. The molecule has 2 aromatic heterocycles. The second-order valence-electron chi connectivity index (χ2n) is 6.03. The Morgan fingerprint density at radius 2 is 1.81 bits per heavy atom. The average Bonchev–Trinajstić information content (AvgIpc) is 2.63. The summed E-state index contributed by atoms with van der Waals surface area (Å²) in [6.45, 7) is 1.14. The van der Waals surface area contributed by atoms with Crippen LogP contribution in [0, 0.1) is 0 Å². The Balaban J connectivity index is 1.87. The van der Waals surface area contributed by atoms with E-state index in [-0.39, 0.29) is 11.8 Å². The van der Waals surface area contributed by atoms with Gasteiger partial charge in [-0.3, -0.25) is 4.98 Å². The predicted octanol–water partition coefficient (Wildman–Crippen LogP) is 4.70. The van der Waals surface area contributed by atoms with E-state index >= 15 is 0 Å². The predicted molar refractivity (Wildman–Crippen MR) is 100 cm³/mol. The lowest BCUT2D eigenvalue weighted by Crippen LogP contribution is -2.13. The highest BCUT2D eigenvalue weighted by Crippen LogP contribution is 2.25. The van der Waals surface area contributed by atoms with Gasteiger partial charge in [0.1, 0.15) is 11.6 Å². The first-order valence-electron chi connectivity index (χ1n) is 8.37. The molecule has 2 heterocycles. The van der Waals surface area contributed by atoms with Crippen LogP contribution in [0.25, 0.3) is 11.3 Å². The Hall–Kier alpha value is -3.29. The maximum absolute atomic E-state index is 12.3. The summed E-state index contributed by atoms with van der Waals surface area (Å²) in [4.78, 5) is 13.1. The molecule has 8 heteroatoms. The average molecular weight is 371 g/mol. The second-order valence-corrected chi connectivity index (χ2v) is 6.03. The number of ether oxygens (including phenoxy) is 1. The summed E-state index contributed by atoms with van der Waals surface area (Å²) in [5.41, 5.74) is 2.25. The molecule has 3 aromatic rings. The van der Waals surface area contributed by atoms with Crippen molar-refractivity contribution in [3.05, 3.63) is 54.9 Å². The van der Waals surface area contributed by atoms with Crippen LogP contribution in [0.1, 0.15) is 13.8 Å². The summed E-state index contributed by atoms with van der Waals surface area (Å²) < 4.78 is 28.9. The first-order valence-corrected chi connectivity index (χ1v) is 8.37. The van der Waals surface area contributed by atoms with Crippen LogP contribution in [0.15, 0.2) is 54.9 Å². The molecule has 6 nitrogen and oxygen atoms in total. The van der Waals surface area contributed by atoms with Crippen molar-refractivity contribution in [3.8, 4) is 17.0 Å². The summed E-state index contributed by atoms with van der Waals surface area (Å²) >= 11 is 0. The van der Waals surface area contributed by atoms with E-state index in [4.69, 9.17) is 0 Å². The van der Waals surface area contributed by atoms with E-state index in [1.807, 2.05) is 26.0 Å². The normalized spacial score (nSPS) is 10.9. The zero-order valence-corrected chi connectivity index (χ0v) is 14.9. The Morgan fingerprint density at radius 1 is 1.04 bits per heavy atom. The van der Waals surface area contributed by atoms with Gasteiger partial charge in [-0.25, -0.2) is 4.98 Å². The quantitative estimate of drug-likeness (QED) is 0.627. The number of nitrogens with zero attached hydrogens (tertiary/aromatic N) is 3. The minimum Gasteiger partial charge on any atom is -0.435 e. The molecule has 2 N–H and O–H groups in total. The molecule has 0 amide bonds. The van der Waals surface area contributed by atoms with Gasteiger partial charge in [0.25, 0.3) is 0 Å². The molecule has 0 radical (unpaired) electrons. The lowest BCUT2D eigenvalue weighted by Gasteiger charge is -2.13. The molecule has 140 valence electrons. The van der Waals surface area contributed by atoms with Crippen molar-refractivity contribution in [1.82, 2.24) is 15.0 Å². The van der Waals surface area contributed by atoms with Gasteiger partial charge in [-0.15, -0.1) is 0 Å². The van der Waals surface area contributed by atoms with Crippen LogP contribution in [-0.4, -0.2) is 27.6 Å². The van der Waals surface area contributed by atoms with Gasteiger partial charge >= 0.3 is 6.61 Å². The maximum Gasteiger partial charge on any atom is 0.387 e. The van der Waals surface area contributed by atoms with Crippen LogP contribution >= 0.6 is 0 Å². The van der Waals surface area contributed by atoms with Crippen LogP contribution in [0.2, 0.25) is 0 Å². The lowest BCUT2D eigenvalue weighted by molar-refractivity contribution is -0.0498. The molecule has 0 bridgehead atoms. The van der Waals surface area contributed by atoms with E-state index in [0.29, 0.717) is 23.1 Å². The monoisotopic (exact) mass is 371 g/mol. The Labute approximate surface area is 155 Å². The molecule has 0 aliphatic rings. The molecule has 1 aromatic carbocycles. The fourth-order valence-corrected chi connectivity index (χ4v) is 2.36. The van der Waals surface area contributed by atoms with Gasteiger partial charge in [0.2, 0.25) is 5.95 Å². The van der Waals surface area contributed by atoms with Gasteiger partial charge in [0.05, 0.1) is 5.69 Å². The SMILES string of the molecule is CC(C)Nc1nc(Nc2ccc(OC(F)F)cc2)cc(-c2cccnc2)n1. The highest BCUT2D eigenvalue weighted by atomic mass is 19.3. The summed E-state index contributed by atoms with van der Waals surface area (Å²) in [6.07, 6.45) is 3.42. The van der Waals surface area contributed by atoms with Gasteiger partial charge in [-0.1, -0.05) is 0 Å². The number of rotatable bonds is 7. The van der Waals surface area contributed by atoms with Gasteiger partial charge in [-0.2, -0.15) is 13.8 Å². The van der Waals surface area contributed by atoms with Crippen molar-refractivity contribution < 1.29 is 13.5 Å². The Bertz CT molecular complexity index is 873. The summed E-state index contributed by atoms with van der Waals surface area (Å²) in [6, 6.07) is 11.9. The topological polar surface area (TPSA) is 72.0 Å². The molecule has 0 aliphatic heterocycles. The molecule has 0 spiro atoms. The number of halogens is 2. The summed E-state index contributed by atoms with van der Waals surface area (Å²) in [5, 5.41) is 6.34. The van der Waals surface area contributed by atoms with Crippen molar-refractivity contribution in [3.63, 3.8) is 0 Å². The van der Waals surface area contributed by atoms with E-state index in [9.17, 15) is 8.78 Å². The highest BCUT2D eigenvalue weighted by molar-refractivity contribution is 5.67. The van der Waals surface area contributed by atoms with Crippen LogP contribution in [-0.2, 0) is 0 Å². The van der Waals surface area contributed by atoms with Crippen molar-refractivity contribution in [2.24, 2.45) is 0 Å². The zero-order chi connectivity index (χ0) is 19.2. The van der Waals surface area contributed by atoms with Gasteiger partial charge in [0, 0.05) is 35.8 Å². The number of hydrogen-bond acceptors (Lipinski definition) is 6. The van der Waals surface area contributed by atoms with Crippen molar-refractivity contribution in [2.45, 2.75) is 26.5 Å². The van der Waals surface area contributed by atoms with Gasteiger partial charge < -0.3 is 15.4 Å². The number of alkyl halides is 2. The smallest absolute Gasteiger partial charge is 0.387 e. The van der Waals surface area contributed by atoms with E-state index in [1.165, 1.54) is 12.1 Å². The van der Waals surface area contributed by atoms with Gasteiger partial charge in [0.15, 0.2) is 0 Å². The van der Waals surface area contributed by atoms with E-state index in [2.05, 4.69) is 30.3 Å². The summed E-state index contributed by atoms with van der Waals surface area (Å²) in [7, 11) is 0. The van der Waals surface area contributed by atoms with Crippen molar-refractivity contribution in [2.75, 3.05) is 10.6 Å². The largest absolute Gasteiger partial charge is 0.435 e. The lowest BCUT2D eigenvalue weighted by atomic mass is 10.2.